The highest BCUT2D eigenvalue weighted by atomic mass is 35.5. The SMILES string of the molecule is C[C@H]1Oc2ccccc2N(Cc2ccc(Cl)cc2)C(=O)[C@H]1NC(=O)O. The van der Waals surface area contributed by atoms with Crippen molar-refractivity contribution in [3.05, 3.63) is 59.1 Å². The number of nitrogens with zero attached hydrogens (tertiary/aromatic N) is 1. The van der Waals surface area contributed by atoms with Gasteiger partial charge in [-0.05, 0) is 36.8 Å². The van der Waals surface area contributed by atoms with E-state index in [1.807, 2.05) is 12.1 Å². The molecule has 0 aliphatic carbocycles. The largest absolute Gasteiger partial charge is 0.486 e. The van der Waals surface area contributed by atoms with Crippen LogP contribution in [0.5, 0.6) is 5.75 Å². The molecule has 0 radical (unpaired) electrons. The summed E-state index contributed by atoms with van der Waals surface area (Å²) in [6, 6.07) is 13.3. The fourth-order valence-corrected chi connectivity index (χ4v) is 2.91. The Morgan fingerprint density at radius 3 is 2.60 bits per heavy atom. The number of anilines is 1. The lowest BCUT2D eigenvalue weighted by molar-refractivity contribution is -0.122. The number of amides is 2. The van der Waals surface area contributed by atoms with E-state index < -0.39 is 18.2 Å². The summed E-state index contributed by atoms with van der Waals surface area (Å²) in [4.78, 5) is 25.6. The van der Waals surface area contributed by atoms with Crippen molar-refractivity contribution in [2.75, 3.05) is 4.90 Å². The summed E-state index contributed by atoms with van der Waals surface area (Å²) in [5.74, 6) is 0.168. The van der Waals surface area contributed by atoms with Crippen LogP contribution in [-0.2, 0) is 11.3 Å². The topological polar surface area (TPSA) is 78.9 Å². The highest BCUT2D eigenvalue weighted by Crippen LogP contribution is 2.34. The van der Waals surface area contributed by atoms with E-state index in [0.29, 0.717) is 16.5 Å². The van der Waals surface area contributed by atoms with Gasteiger partial charge in [-0.3, -0.25) is 4.79 Å². The maximum Gasteiger partial charge on any atom is 0.405 e. The number of fused-ring (bicyclic) bond motifs is 1. The molecule has 25 heavy (non-hydrogen) atoms. The molecule has 0 spiro atoms. The van der Waals surface area contributed by atoms with Gasteiger partial charge in [-0.15, -0.1) is 0 Å². The number of nitrogens with one attached hydrogen (secondary N) is 1. The van der Waals surface area contributed by atoms with E-state index in [9.17, 15) is 9.59 Å². The van der Waals surface area contributed by atoms with Crippen LogP contribution in [0.4, 0.5) is 10.5 Å². The minimum absolute atomic E-state index is 0.279. The Bertz CT molecular complexity index is 794. The van der Waals surface area contributed by atoms with Gasteiger partial charge in [0.1, 0.15) is 17.9 Å². The third kappa shape index (κ3) is 3.69. The number of ether oxygens (including phenoxy) is 1. The second kappa shape index (κ2) is 7.03. The fourth-order valence-electron chi connectivity index (χ4n) is 2.78. The van der Waals surface area contributed by atoms with Crippen molar-refractivity contribution in [1.29, 1.82) is 0 Å². The van der Waals surface area contributed by atoms with Gasteiger partial charge in [-0.2, -0.15) is 0 Å². The van der Waals surface area contributed by atoms with Crippen molar-refractivity contribution < 1.29 is 19.4 Å². The molecule has 2 aromatic carbocycles. The molecule has 0 saturated heterocycles. The number of hydrogen-bond acceptors (Lipinski definition) is 3. The van der Waals surface area contributed by atoms with E-state index in [1.54, 1.807) is 43.3 Å². The Kier molecular flexibility index (Phi) is 4.81. The van der Waals surface area contributed by atoms with Crippen molar-refractivity contribution in [3.63, 3.8) is 0 Å². The number of halogens is 1. The zero-order valence-electron chi connectivity index (χ0n) is 13.5. The summed E-state index contributed by atoms with van der Waals surface area (Å²) in [6.45, 7) is 1.95. The van der Waals surface area contributed by atoms with Crippen LogP contribution in [0.2, 0.25) is 5.02 Å². The molecule has 0 aromatic heterocycles. The lowest BCUT2D eigenvalue weighted by Crippen LogP contribution is -2.53. The number of hydrogen-bond donors (Lipinski definition) is 2. The quantitative estimate of drug-likeness (QED) is 0.880. The van der Waals surface area contributed by atoms with Gasteiger partial charge < -0.3 is 20.1 Å². The second-order valence-corrected chi connectivity index (χ2v) is 6.21. The molecule has 7 heteroatoms. The molecule has 1 heterocycles. The number of para-hydroxylation sites is 2. The monoisotopic (exact) mass is 360 g/mol. The Morgan fingerprint density at radius 1 is 1.24 bits per heavy atom. The minimum Gasteiger partial charge on any atom is -0.486 e. The lowest BCUT2D eigenvalue weighted by Gasteiger charge is -2.25. The van der Waals surface area contributed by atoms with Crippen molar-refractivity contribution in [2.24, 2.45) is 0 Å². The van der Waals surface area contributed by atoms with Crippen LogP contribution in [0.15, 0.2) is 48.5 Å². The molecule has 2 N–H and O–H groups in total. The van der Waals surface area contributed by atoms with Gasteiger partial charge in [0.25, 0.3) is 5.91 Å². The average Bonchev–Trinajstić information content (AvgIpc) is 2.67. The summed E-state index contributed by atoms with van der Waals surface area (Å²) in [7, 11) is 0. The van der Waals surface area contributed by atoms with Crippen LogP contribution in [0.25, 0.3) is 0 Å². The predicted molar refractivity (Wildman–Crippen MR) is 94.1 cm³/mol. The van der Waals surface area contributed by atoms with Gasteiger partial charge in [-0.1, -0.05) is 35.9 Å². The standard InChI is InChI=1S/C18H17ClN2O4/c1-11-16(20-18(23)24)17(22)21(10-12-6-8-13(19)9-7-12)14-4-2-3-5-15(14)25-11/h2-9,11,16,20H,10H2,1H3,(H,23,24)/t11-,16+/m1/s1. The van der Waals surface area contributed by atoms with Crippen molar-refractivity contribution in [1.82, 2.24) is 5.32 Å². The Morgan fingerprint density at radius 2 is 1.92 bits per heavy atom. The molecule has 2 aromatic rings. The number of carbonyl (C=O) groups excluding carboxylic acids is 1. The number of benzene rings is 2. The van der Waals surface area contributed by atoms with Crippen LogP contribution in [0.1, 0.15) is 12.5 Å². The molecule has 130 valence electrons. The molecule has 6 nitrogen and oxygen atoms in total. The maximum atomic E-state index is 13.0. The van der Waals surface area contributed by atoms with Gasteiger partial charge in [0, 0.05) is 5.02 Å². The number of rotatable bonds is 3. The minimum atomic E-state index is -1.27. The van der Waals surface area contributed by atoms with Crippen LogP contribution in [0.3, 0.4) is 0 Å². The second-order valence-electron chi connectivity index (χ2n) is 5.77. The summed E-state index contributed by atoms with van der Waals surface area (Å²) < 4.78 is 5.82. The molecule has 0 bridgehead atoms. The zero-order valence-corrected chi connectivity index (χ0v) is 14.2. The Labute approximate surface area is 150 Å². The van der Waals surface area contributed by atoms with E-state index in [-0.39, 0.29) is 12.5 Å². The third-order valence-electron chi connectivity index (χ3n) is 4.00. The summed E-state index contributed by atoms with van der Waals surface area (Å²) >= 11 is 5.91. The van der Waals surface area contributed by atoms with E-state index in [1.165, 1.54) is 4.90 Å². The van der Waals surface area contributed by atoms with Crippen molar-refractivity contribution in [2.45, 2.75) is 25.6 Å². The van der Waals surface area contributed by atoms with Crippen LogP contribution >= 0.6 is 11.6 Å². The molecular weight excluding hydrogens is 344 g/mol. The maximum absolute atomic E-state index is 13.0. The molecule has 0 unspecified atom stereocenters. The van der Waals surface area contributed by atoms with Crippen LogP contribution < -0.4 is 15.0 Å². The van der Waals surface area contributed by atoms with Crippen molar-refractivity contribution in [3.8, 4) is 5.75 Å². The van der Waals surface area contributed by atoms with E-state index in [0.717, 1.165) is 5.56 Å². The van der Waals surface area contributed by atoms with E-state index >= 15 is 0 Å². The fraction of sp³-hybridized carbons (Fsp3) is 0.222. The van der Waals surface area contributed by atoms with Gasteiger partial charge >= 0.3 is 6.09 Å². The van der Waals surface area contributed by atoms with E-state index in [4.69, 9.17) is 21.4 Å². The van der Waals surface area contributed by atoms with Gasteiger partial charge in [0.05, 0.1) is 12.2 Å². The van der Waals surface area contributed by atoms with Gasteiger partial charge in [0.2, 0.25) is 0 Å². The first kappa shape index (κ1) is 17.1. The van der Waals surface area contributed by atoms with Gasteiger partial charge in [0.15, 0.2) is 0 Å². The summed E-state index contributed by atoms with van der Waals surface area (Å²) in [5, 5.41) is 11.9. The summed E-state index contributed by atoms with van der Waals surface area (Å²) in [5.41, 5.74) is 1.47. The highest BCUT2D eigenvalue weighted by molar-refractivity contribution is 6.30. The third-order valence-corrected chi connectivity index (χ3v) is 4.26. The molecule has 1 aliphatic rings. The molecule has 2 atom stereocenters. The number of carboxylic acid groups (broad SMARTS) is 1. The Balaban J connectivity index is 2.00. The summed E-state index contributed by atoms with van der Waals surface area (Å²) in [6.07, 6.45) is -1.91. The molecule has 2 amide bonds. The van der Waals surface area contributed by atoms with Crippen molar-refractivity contribution >= 4 is 29.3 Å². The number of carbonyl (C=O) groups is 2. The normalized spacial score (nSPS) is 19.6. The average molecular weight is 361 g/mol. The smallest absolute Gasteiger partial charge is 0.405 e. The molecule has 1 aliphatic heterocycles. The first-order valence-electron chi connectivity index (χ1n) is 7.76. The predicted octanol–water partition coefficient (Wildman–Crippen LogP) is 3.29. The first-order valence-corrected chi connectivity index (χ1v) is 8.14. The van der Waals surface area contributed by atoms with Crippen LogP contribution in [-0.4, -0.2) is 29.3 Å². The Hall–Kier alpha value is -2.73. The van der Waals surface area contributed by atoms with Crippen LogP contribution in [0, 0.1) is 0 Å². The highest BCUT2D eigenvalue weighted by Gasteiger charge is 2.37. The zero-order chi connectivity index (χ0) is 18.0. The molecule has 0 fully saturated rings. The molecule has 0 saturated carbocycles. The first-order chi connectivity index (χ1) is 12.0. The molecular formula is C18H17ClN2O4. The van der Waals surface area contributed by atoms with E-state index in [2.05, 4.69) is 5.32 Å². The molecule has 3 rings (SSSR count). The van der Waals surface area contributed by atoms with Gasteiger partial charge in [-0.25, -0.2) is 4.79 Å². The lowest BCUT2D eigenvalue weighted by atomic mass is 10.1.